The Morgan fingerprint density at radius 2 is 2.00 bits per heavy atom. The van der Waals surface area contributed by atoms with Crippen molar-refractivity contribution >= 4 is 27.7 Å². The van der Waals surface area contributed by atoms with Crippen molar-refractivity contribution in [3.05, 3.63) is 75.9 Å². The first-order valence-electron chi connectivity index (χ1n) is 15.7. The second-order valence-electron chi connectivity index (χ2n) is 11.6. The predicted octanol–water partition coefficient (Wildman–Crippen LogP) is 5.52. The lowest BCUT2D eigenvalue weighted by atomic mass is 10.0. The molecule has 230 valence electrons. The number of nitrogens with one attached hydrogen (secondary N) is 1. The number of nitrogens with zero attached hydrogens (tertiary/aromatic N) is 4. The molecule has 5 rings (SSSR count). The average Bonchev–Trinajstić information content (AvgIpc) is 3.34. The molecular formula is C34H45N5O4. The Labute approximate surface area is 253 Å². The third-order valence-corrected chi connectivity index (χ3v) is 8.59. The molecule has 1 N–H and O–H groups in total. The maximum absolute atomic E-state index is 13.9. The summed E-state index contributed by atoms with van der Waals surface area (Å²) >= 11 is 0. The molecule has 2 aliphatic heterocycles. The van der Waals surface area contributed by atoms with Crippen LogP contribution >= 0.6 is 0 Å². The molecule has 0 unspecified atom stereocenters. The number of fused-ring (bicyclic) bond motifs is 3. The Morgan fingerprint density at radius 1 is 1.16 bits per heavy atom. The molecule has 0 spiro atoms. The molecule has 0 bridgehead atoms. The van der Waals surface area contributed by atoms with Crippen LogP contribution in [0.25, 0.3) is 21.8 Å². The summed E-state index contributed by atoms with van der Waals surface area (Å²) in [6.45, 7) is 9.71. The Balaban J connectivity index is 1.30. The van der Waals surface area contributed by atoms with Crippen molar-refractivity contribution < 1.29 is 14.3 Å². The van der Waals surface area contributed by atoms with Gasteiger partial charge < -0.3 is 24.3 Å². The zero-order valence-electron chi connectivity index (χ0n) is 25.8. The SMILES string of the molecule is CC\C=C/C=C(\C=C\OC)CCCN1CCCN(C(=O)c2cc3c(cc2C)[nH]c(=O)c2cnn(C4CCOCC4)c23)CC1. The molecule has 9 nitrogen and oxygen atoms in total. The molecule has 3 aromatic rings. The molecule has 1 amide bonds. The highest BCUT2D eigenvalue weighted by molar-refractivity contribution is 6.07. The lowest BCUT2D eigenvalue weighted by molar-refractivity contribution is 0.0675. The largest absolute Gasteiger partial charge is 0.504 e. The molecule has 2 aliphatic rings. The summed E-state index contributed by atoms with van der Waals surface area (Å²) in [4.78, 5) is 34.4. The molecule has 43 heavy (non-hydrogen) atoms. The Hall–Kier alpha value is -3.69. The van der Waals surface area contributed by atoms with Crippen LogP contribution in [0.3, 0.4) is 0 Å². The summed E-state index contributed by atoms with van der Waals surface area (Å²) in [5.74, 6) is 0.0513. The van der Waals surface area contributed by atoms with Crippen molar-refractivity contribution in [2.75, 3.05) is 53.0 Å². The van der Waals surface area contributed by atoms with Crippen molar-refractivity contribution in [1.82, 2.24) is 24.6 Å². The van der Waals surface area contributed by atoms with E-state index < -0.39 is 0 Å². The van der Waals surface area contributed by atoms with Gasteiger partial charge in [0.25, 0.3) is 11.5 Å². The van der Waals surface area contributed by atoms with E-state index in [4.69, 9.17) is 9.47 Å². The minimum atomic E-state index is -0.151. The van der Waals surface area contributed by atoms with Gasteiger partial charge in [0.05, 0.1) is 42.0 Å². The minimum Gasteiger partial charge on any atom is -0.504 e. The van der Waals surface area contributed by atoms with Crippen molar-refractivity contribution in [2.45, 2.75) is 58.4 Å². The number of benzene rings is 1. The summed E-state index contributed by atoms with van der Waals surface area (Å²) in [6.07, 6.45) is 17.5. The molecule has 2 saturated heterocycles. The molecule has 9 heteroatoms. The van der Waals surface area contributed by atoms with Crippen molar-refractivity contribution in [3.63, 3.8) is 0 Å². The Morgan fingerprint density at radius 3 is 2.79 bits per heavy atom. The van der Waals surface area contributed by atoms with E-state index >= 15 is 0 Å². The zero-order chi connectivity index (χ0) is 30.2. The standard InChI is InChI=1S/C34H45N5O4/c1-4-5-6-9-26(11-19-42-3)10-7-14-37-15-8-16-38(18-17-37)34(41)28-23-29-31(22-25(28)2)36-33(40)30-24-35-39(32(29)30)27-12-20-43-21-13-27/h5-6,9,11,19,22-24,27H,4,7-8,10,12-18,20-21H2,1-3H3,(H,36,40)/b6-5-,19-11+,26-9-. The zero-order valence-corrected chi connectivity index (χ0v) is 25.8. The molecule has 2 aromatic heterocycles. The molecule has 4 heterocycles. The summed E-state index contributed by atoms with van der Waals surface area (Å²) in [5.41, 5.74) is 4.20. The first-order valence-corrected chi connectivity index (χ1v) is 15.7. The van der Waals surface area contributed by atoms with Gasteiger partial charge in [0.1, 0.15) is 0 Å². The monoisotopic (exact) mass is 587 g/mol. The maximum atomic E-state index is 13.9. The van der Waals surface area contributed by atoms with Crippen molar-refractivity contribution in [2.24, 2.45) is 0 Å². The van der Waals surface area contributed by atoms with Crippen LogP contribution in [0.5, 0.6) is 0 Å². The molecule has 0 radical (unpaired) electrons. The molecule has 0 saturated carbocycles. The summed E-state index contributed by atoms with van der Waals surface area (Å²) in [7, 11) is 1.67. The molecule has 0 aliphatic carbocycles. The molecular weight excluding hydrogens is 542 g/mol. The predicted molar refractivity (Wildman–Crippen MR) is 172 cm³/mol. The van der Waals surface area contributed by atoms with Gasteiger partial charge in [-0.1, -0.05) is 25.2 Å². The van der Waals surface area contributed by atoms with Gasteiger partial charge in [-0.3, -0.25) is 14.3 Å². The van der Waals surface area contributed by atoms with Crippen molar-refractivity contribution in [3.8, 4) is 0 Å². The maximum Gasteiger partial charge on any atom is 0.259 e. The van der Waals surface area contributed by atoms with E-state index in [9.17, 15) is 9.59 Å². The number of allylic oxidation sites excluding steroid dienone is 5. The number of hydrogen-bond donors (Lipinski definition) is 1. The van der Waals surface area contributed by atoms with Crippen molar-refractivity contribution in [1.29, 1.82) is 0 Å². The lowest BCUT2D eigenvalue weighted by Gasteiger charge is -2.24. The van der Waals surface area contributed by atoms with Gasteiger partial charge >= 0.3 is 0 Å². The van der Waals surface area contributed by atoms with Gasteiger partial charge in [-0.25, -0.2) is 0 Å². The highest BCUT2D eigenvalue weighted by atomic mass is 16.5. The summed E-state index contributed by atoms with van der Waals surface area (Å²) < 4.78 is 12.7. The van der Waals surface area contributed by atoms with Gasteiger partial charge in [0.15, 0.2) is 0 Å². The van der Waals surface area contributed by atoms with Gasteiger partial charge in [-0.2, -0.15) is 5.10 Å². The van der Waals surface area contributed by atoms with E-state index in [0.29, 0.717) is 30.7 Å². The number of pyridine rings is 1. The van der Waals surface area contributed by atoms with E-state index in [1.165, 1.54) is 5.57 Å². The number of aromatic amines is 1. The highest BCUT2D eigenvalue weighted by Crippen LogP contribution is 2.30. The second-order valence-corrected chi connectivity index (χ2v) is 11.6. The van der Waals surface area contributed by atoms with E-state index in [-0.39, 0.29) is 17.5 Å². The van der Waals surface area contributed by atoms with Gasteiger partial charge in [0.2, 0.25) is 0 Å². The molecule has 2 fully saturated rings. The highest BCUT2D eigenvalue weighted by Gasteiger charge is 2.25. The number of carbonyl (C=O) groups excluding carboxylic acids is 1. The number of carbonyl (C=O) groups is 1. The summed E-state index contributed by atoms with van der Waals surface area (Å²) in [5, 5.41) is 6.05. The minimum absolute atomic E-state index is 0.0513. The fourth-order valence-electron chi connectivity index (χ4n) is 6.21. The van der Waals surface area contributed by atoms with Gasteiger partial charge in [-0.15, -0.1) is 0 Å². The normalized spacial score (nSPS) is 17.9. The van der Waals surface area contributed by atoms with Gasteiger partial charge in [0, 0.05) is 43.8 Å². The van der Waals surface area contributed by atoms with Crippen LogP contribution in [0.4, 0.5) is 0 Å². The fourth-order valence-corrected chi connectivity index (χ4v) is 6.21. The van der Waals surface area contributed by atoms with Gasteiger partial charge in [-0.05, 0) is 87.9 Å². The number of aromatic nitrogens is 3. The second kappa shape index (κ2) is 14.7. The Kier molecular flexibility index (Phi) is 10.5. The quantitative estimate of drug-likeness (QED) is 0.248. The first kappa shape index (κ1) is 30.8. The number of hydrogen-bond acceptors (Lipinski definition) is 6. The number of rotatable bonds is 10. The third kappa shape index (κ3) is 7.28. The van der Waals surface area contributed by atoms with E-state index in [2.05, 4.69) is 40.1 Å². The number of aryl methyl sites for hydroxylation is 1. The third-order valence-electron chi connectivity index (χ3n) is 8.59. The van der Waals surface area contributed by atoms with Crippen LogP contribution in [0.15, 0.2) is 59.3 Å². The van der Waals surface area contributed by atoms with Crippen LogP contribution < -0.4 is 5.56 Å². The van der Waals surface area contributed by atoms with E-state index in [1.807, 2.05) is 34.7 Å². The van der Waals surface area contributed by atoms with E-state index in [0.717, 1.165) is 86.7 Å². The number of H-pyrrole nitrogens is 1. The fraction of sp³-hybridized carbons (Fsp3) is 0.500. The van der Waals surface area contributed by atoms with E-state index in [1.54, 1.807) is 19.6 Å². The molecule has 1 aromatic carbocycles. The van der Waals surface area contributed by atoms with Crippen LogP contribution in [-0.2, 0) is 9.47 Å². The van der Waals surface area contributed by atoms with Crippen LogP contribution in [0.2, 0.25) is 0 Å². The first-order chi connectivity index (χ1) is 21.0. The Bertz CT molecular complexity index is 1560. The average molecular weight is 588 g/mol. The van der Waals surface area contributed by atoms with Crippen LogP contribution in [0, 0.1) is 6.92 Å². The number of amides is 1. The summed E-state index contributed by atoms with van der Waals surface area (Å²) in [6, 6.07) is 4.08. The lowest BCUT2D eigenvalue weighted by Crippen LogP contribution is -2.35. The molecule has 0 atom stereocenters. The topological polar surface area (TPSA) is 92.7 Å². The number of ether oxygens (including phenoxy) is 2. The van der Waals surface area contributed by atoms with Crippen LogP contribution in [0.1, 0.15) is 67.4 Å². The smallest absolute Gasteiger partial charge is 0.259 e. The van der Waals surface area contributed by atoms with Crippen LogP contribution in [-0.4, -0.2) is 83.5 Å². The number of methoxy groups -OCH3 is 1.